The molecule has 7 nitrogen and oxygen atoms in total. The highest BCUT2D eigenvalue weighted by atomic mass is 32.2. The Bertz CT molecular complexity index is 1210. The number of fused-ring (bicyclic) bond motifs is 1. The minimum atomic E-state index is -5.80. The number of likely N-dealkylation sites (tertiary alicyclic amines) is 1. The average Bonchev–Trinajstić information content (AvgIpc) is 2.79. The van der Waals surface area contributed by atoms with Crippen LogP contribution in [0.4, 0.5) is 27.6 Å². The number of aromatic nitrogens is 1. The van der Waals surface area contributed by atoms with Crippen LogP contribution in [0.1, 0.15) is 43.1 Å². The summed E-state index contributed by atoms with van der Waals surface area (Å²) in [7, 11) is -5.80. The summed E-state index contributed by atoms with van der Waals surface area (Å²) in [6.07, 6.45) is 2.56. The van der Waals surface area contributed by atoms with Crippen LogP contribution in [0.5, 0.6) is 5.75 Å². The van der Waals surface area contributed by atoms with E-state index in [-0.39, 0.29) is 19.3 Å². The summed E-state index contributed by atoms with van der Waals surface area (Å²) in [5.74, 6) is -0.437. The van der Waals surface area contributed by atoms with Gasteiger partial charge in [-0.15, -0.1) is 0 Å². The number of hydrogen-bond donors (Lipinski definition) is 1. The van der Waals surface area contributed by atoms with Gasteiger partial charge in [-0.3, -0.25) is 19.2 Å². The summed E-state index contributed by atoms with van der Waals surface area (Å²) >= 11 is 0. The van der Waals surface area contributed by atoms with Gasteiger partial charge in [0, 0.05) is 32.7 Å². The lowest BCUT2D eigenvalue weighted by molar-refractivity contribution is -0.0500. The molecule has 1 aromatic heterocycles. The molecule has 0 bridgehead atoms. The van der Waals surface area contributed by atoms with Gasteiger partial charge in [0.2, 0.25) is 0 Å². The number of nitrogens with zero attached hydrogens (tertiary/aromatic N) is 3. The SMILES string of the molecule is CC(C)(F)CN1CCc2cc(OS(=O)(=O)C(F)(F)F)ccc2C1c1ccc(NC2CN(CCCF)C2)cn1. The summed E-state index contributed by atoms with van der Waals surface area (Å²) in [6.45, 7) is 5.43. The van der Waals surface area contributed by atoms with E-state index in [1.54, 1.807) is 6.20 Å². The molecule has 3 heterocycles. The molecule has 2 aliphatic rings. The van der Waals surface area contributed by atoms with E-state index in [2.05, 4.69) is 19.4 Å². The second-order valence-electron chi connectivity index (χ2n) is 10.3. The van der Waals surface area contributed by atoms with Gasteiger partial charge >= 0.3 is 15.6 Å². The minimum absolute atomic E-state index is 0.0935. The molecule has 1 unspecified atom stereocenters. The molecule has 1 saturated heterocycles. The standard InChI is InChI=1S/C25H31F5N4O3S/c1-24(2,27)16-34-11-8-17-12-20(37-38(35,36)25(28,29)30)5-6-21(17)23(34)22-7-4-18(13-31-22)32-19-14-33(15-19)10-3-9-26/h4-7,12-13,19,23,32H,3,8-11,14-16H2,1-2H3. The third kappa shape index (κ3) is 6.73. The largest absolute Gasteiger partial charge is 0.534 e. The Kier molecular flexibility index (Phi) is 8.20. The minimum Gasteiger partial charge on any atom is -0.378 e. The molecular formula is C25H31F5N4O3S. The average molecular weight is 563 g/mol. The predicted octanol–water partition coefficient (Wildman–Crippen LogP) is 4.46. The van der Waals surface area contributed by atoms with Crippen LogP contribution >= 0.6 is 0 Å². The van der Waals surface area contributed by atoms with Crippen LogP contribution in [0.2, 0.25) is 0 Å². The van der Waals surface area contributed by atoms with Gasteiger partial charge in [-0.2, -0.15) is 21.6 Å². The Morgan fingerprint density at radius 3 is 2.47 bits per heavy atom. The monoisotopic (exact) mass is 562 g/mol. The van der Waals surface area contributed by atoms with Gasteiger partial charge in [0.1, 0.15) is 11.4 Å². The lowest BCUT2D eigenvalue weighted by atomic mass is 9.89. The van der Waals surface area contributed by atoms with E-state index in [1.807, 2.05) is 17.0 Å². The Labute approximate surface area is 219 Å². The normalized spacial score (nSPS) is 19.6. The summed E-state index contributed by atoms with van der Waals surface area (Å²) in [4.78, 5) is 8.69. The smallest absolute Gasteiger partial charge is 0.378 e. The number of alkyl halides is 5. The first-order chi connectivity index (χ1) is 17.8. The summed E-state index contributed by atoms with van der Waals surface area (Å²) < 4.78 is 92.5. The van der Waals surface area contributed by atoms with Crippen LogP contribution in [0.15, 0.2) is 36.5 Å². The van der Waals surface area contributed by atoms with Crippen molar-refractivity contribution in [1.29, 1.82) is 0 Å². The maximum absolute atomic E-state index is 14.7. The van der Waals surface area contributed by atoms with E-state index in [1.165, 1.54) is 32.0 Å². The third-order valence-corrected chi connectivity index (χ3v) is 7.49. The van der Waals surface area contributed by atoms with Gasteiger partial charge in [0.15, 0.2) is 0 Å². The number of halogens is 5. The molecule has 38 heavy (non-hydrogen) atoms. The fraction of sp³-hybridized carbons (Fsp3) is 0.560. The lowest BCUT2D eigenvalue weighted by Crippen LogP contribution is -2.54. The molecule has 4 rings (SSSR count). The molecule has 0 aliphatic carbocycles. The molecule has 1 fully saturated rings. The molecule has 0 amide bonds. The molecule has 1 aromatic carbocycles. The highest BCUT2D eigenvalue weighted by molar-refractivity contribution is 7.88. The number of rotatable bonds is 10. The highest BCUT2D eigenvalue weighted by Crippen LogP contribution is 2.38. The molecule has 13 heteroatoms. The summed E-state index contributed by atoms with van der Waals surface area (Å²) in [5.41, 5.74) is -4.34. The van der Waals surface area contributed by atoms with Crippen molar-refractivity contribution in [3.05, 3.63) is 53.3 Å². The second kappa shape index (κ2) is 10.9. The molecule has 2 aromatic rings. The van der Waals surface area contributed by atoms with E-state index in [0.29, 0.717) is 36.2 Å². The number of hydrogen-bond acceptors (Lipinski definition) is 7. The molecule has 210 valence electrons. The highest BCUT2D eigenvalue weighted by Gasteiger charge is 2.48. The van der Waals surface area contributed by atoms with Crippen molar-refractivity contribution in [2.45, 2.75) is 49.9 Å². The van der Waals surface area contributed by atoms with Crippen LogP contribution in [0.25, 0.3) is 0 Å². The van der Waals surface area contributed by atoms with Crippen molar-refractivity contribution >= 4 is 15.8 Å². The van der Waals surface area contributed by atoms with E-state index in [4.69, 9.17) is 0 Å². The molecule has 0 radical (unpaired) electrons. The fourth-order valence-corrected chi connectivity index (χ4v) is 5.35. The van der Waals surface area contributed by atoms with Crippen LogP contribution in [-0.4, -0.2) is 79.8 Å². The van der Waals surface area contributed by atoms with Crippen LogP contribution < -0.4 is 9.50 Å². The van der Waals surface area contributed by atoms with Crippen molar-refractivity contribution in [3.8, 4) is 5.75 Å². The number of nitrogens with one attached hydrogen (secondary N) is 1. The number of anilines is 1. The van der Waals surface area contributed by atoms with Gasteiger partial charge in [-0.05, 0) is 62.1 Å². The van der Waals surface area contributed by atoms with E-state index < -0.39 is 33.1 Å². The summed E-state index contributed by atoms with van der Waals surface area (Å²) in [6, 6.07) is 7.38. The molecule has 2 aliphatic heterocycles. The van der Waals surface area contributed by atoms with Crippen LogP contribution in [0, 0.1) is 0 Å². The first-order valence-corrected chi connectivity index (χ1v) is 13.7. The molecule has 1 atom stereocenters. The Hall–Kier alpha value is -2.51. The van der Waals surface area contributed by atoms with Crippen LogP contribution in [0.3, 0.4) is 0 Å². The molecule has 0 saturated carbocycles. The van der Waals surface area contributed by atoms with Gasteiger partial charge in [-0.1, -0.05) is 6.07 Å². The zero-order chi connectivity index (χ0) is 27.7. The van der Waals surface area contributed by atoms with Gasteiger partial charge in [0.25, 0.3) is 0 Å². The maximum Gasteiger partial charge on any atom is 0.534 e. The topological polar surface area (TPSA) is 74.8 Å². The van der Waals surface area contributed by atoms with Gasteiger partial charge < -0.3 is 9.50 Å². The molecule has 1 N–H and O–H groups in total. The second-order valence-corrected chi connectivity index (χ2v) is 11.8. The van der Waals surface area contributed by atoms with Crippen molar-refractivity contribution < 1.29 is 34.6 Å². The van der Waals surface area contributed by atoms with Gasteiger partial charge in [0.05, 0.1) is 36.3 Å². The molecule has 0 spiro atoms. The third-order valence-electron chi connectivity index (χ3n) is 6.51. The Morgan fingerprint density at radius 1 is 1.13 bits per heavy atom. The van der Waals surface area contributed by atoms with Crippen molar-refractivity contribution in [2.24, 2.45) is 0 Å². The first-order valence-electron chi connectivity index (χ1n) is 12.3. The van der Waals surface area contributed by atoms with Crippen LogP contribution in [-0.2, 0) is 16.5 Å². The predicted molar refractivity (Wildman–Crippen MR) is 133 cm³/mol. The maximum atomic E-state index is 14.7. The number of pyridine rings is 1. The first kappa shape index (κ1) is 28.5. The zero-order valence-corrected chi connectivity index (χ0v) is 22.0. The zero-order valence-electron chi connectivity index (χ0n) is 21.1. The van der Waals surface area contributed by atoms with Gasteiger partial charge in [-0.25, -0.2) is 4.39 Å². The summed E-state index contributed by atoms with van der Waals surface area (Å²) in [5, 5.41) is 3.39. The molecular weight excluding hydrogens is 531 g/mol. The van der Waals surface area contributed by atoms with E-state index in [9.17, 15) is 30.4 Å². The van der Waals surface area contributed by atoms with Crippen molar-refractivity contribution in [1.82, 2.24) is 14.8 Å². The van der Waals surface area contributed by atoms with Crippen molar-refractivity contribution in [3.63, 3.8) is 0 Å². The quantitative estimate of drug-likeness (QED) is 0.260. The Morgan fingerprint density at radius 2 is 1.87 bits per heavy atom. The van der Waals surface area contributed by atoms with E-state index >= 15 is 0 Å². The number of benzene rings is 1. The lowest BCUT2D eigenvalue weighted by Gasteiger charge is -2.40. The Balaban J connectivity index is 1.55. The van der Waals surface area contributed by atoms with E-state index in [0.717, 1.165) is 25.3 Å². The van der Waals surface area contributed by atoms with Crippen molar-refractivity contribution in [2.75, 3.05) is 44.7 Å². The fourth-order valence-electron chi connectivity index (χ4n) is 4.90.